The van der Waals surface area contributed by atoms with Crippen molar-refractivity contribution in [1.82, 2.24) is 20.1 Å². The van der Waals surface area contributed by atoms with E-state index in [9.17, 15) is 14.0 Å². The zero-order valence-corrected chi connectivity index (χ0v) is 20.9. The first kappa shape index (κ1) is 26.5. The lowest BCUT2D eigenvalue weighted by Crippen LogP contribution is -2.50. The second-order valence-corrected chi connectivity index (χ2v) is 8.77. The van der Waals surface area contributed by atoms with E-state index < -0.39 is 11.9 Å². The van der Waals surface area contributed by atoms with Crippen molar-refractivity contribution in [3.63, 3.8) is 0 Å². The highest BCUT2D eigenvalue weighted by Crippen LogP contribution is 2.35. The van der Waals surface area contributed by atoms with E-state index in [1.807, 2.05) is 4.90 Å². The SMILES string of the molecule is CC(=O)N1CCN(CC(=O)NCC#Cc2cnc(N)c(OC(C)c3c(Cl)ccc(F)c3Cl)c2)CC1. The molecule has 3 N–H and O–H groups in total. The summed E-state index contributed by atoms with van der Waals surface area (Å²) in [5.41, 5.74) is 6.74. The molecule has 1 atom stereocenters. The molecule has 1 aromatic heterocycles. The van der Waals surface area contributed by atoms with Crippen molar-refractivity contribution in [3.8, 4) is 17.6 Å². The summed E-state index contributed by atoms with van der Waals surface area (Å²) in [6.45, 7) is 6.16. The minimum atomic E-state index is -0.699. The Morgan fingerprint density at radius 2 is 2.00 bits per heavy atom. The number of anilines is 1. The molecule has 1 saturated heterocycles. The van der Waals surface area contributed by atoms with Gasteiger partial charge in [0.25, 0.3) is 0 Å². The van der Waals surface area contributed by atoms with Crippen LogP contribution in [0.1, 0.15) is 31.1 Å². The van der Waals surface area contributed by atoms with E-state index >= 15 is 0 Å². The van der Waals surface area contributed by atoms with Gasteiger partial charge >= 0.3 is 0 Å². The Morgan fingerprint density at radius 3 is 2.69 bits per heavy atom. The van der Waals surface area contributed by atoms with E-state index in [1.54, 1.807) is 24.8 Å². The first-order valence-electron chi connectivity index (χ1n) is 10.9. The molecule has 3 rings (SSSR count). The number of benzene rings is 1. The summed E-state index contributed by atoms with van der Waals surface area (Å²) in [6.07, 6.45) is 0.785. The molecule has 1 fully saturated rings. The zero-order valence-electron chi connectivity index (χ0n) is 19.4. The van der Waals surface area contributed by atoms with Gasteiger partial charge in [0.05, 0.1) is 18.1 Å². The fourth-order valence-corrected chi connectivity index (χ4v) is 4.23. The van der Waals surface area contributed by atoms with Crippen LogP contribution in [-0.4, -0.2) is 65.9 Å². The van der Waals surface area contributed by atoms with Gasteiger partial charge in [-0.15, -0.1) is 0 Å². The van der Waals surface area contributed by atoms with Crippen molar-refractivity contribution in [2.24, 2.45) is 0 Å². The minimum absolute atomic E-state index is 0.0473. The number of halogens is 3. The van der Waals surface area contributed by atoms with Gasteiger partial charge in [0.2, 0.25) is 11.8 Å². The predicted molar refractivity (Wildman–Crippen MR) is 133 cm³/mol. The molecule has 1 unspecified atom stereocenters. The maximum atomic E-state index is 13.9. The van der Waals surface area contributed by atoms with Crippen molar-refractivity contribution >= 4 is 40.8 Å². The average molecular weight is 522 g/mol. The first-order valence-corrected chi connectivity index (χ1v) is 11.7. The number of nitrogens with one attached hydrogen (secondary N) is 1. The van der Waals surface area contributed by atoms with Gasteiger partial charge in [-0.05, 0) is 19.1 Å². The van der Waals surface area contributed by atoms with E-state index in [1.165, 1.54) is 18.3 Å². The molecule has 35 heavy (non-hydrogen) atoms. The Balaban J connectivity index is 1.54. The van der Waals surface area contributed by atoms with Crippen LogP contribution < -0.4 is 15.8 Å². The number of aromatic nitrogens is 1. The molecule has 2 amide bonds. The van der Waals surface area contributed by atoms with Crippen LogP contribution in [0.5, 0.6) is 5.75 Å². The van der Waals surface area contributed by atoms with Crippen molar-refractivity contribution in [2.45, 2.75) is 20.0 Å². The number of hydrogen-bond donors (Lipinski definition) is 2. The van der Waals surface area contributed by atoms with Crippen LogP contribution in [0.2, 0.25) is 10.0 Å². The van der Waals surface area contributed by atoms with Crippen molar-refractivity contribution < 1.29 is 18.7 Å². The quantitative estimate of drug-likeness (QED) is 0.447. The van der Waals surface area contributed by atoms with E-state index in [0.29, 0.717) is 37.3 Å². The number of carbonyl (C=O) groups excluding carboxylic acids is 2. The van der Waals surface area contributed by atoms with Gasteiger partial charge in [0.15, 0.2) is 11.6 Å². The molecule has 1 aliphatic heterocycles. The molecule has 0 spiro atoms. The lowest BCUT2D eigenvalue weighted by atomic mass is 10.1. The number of ether oxygens (including phenoxy) is 1. The second-order valence-electron chi connectivity index (χ2n) is 7.99. The molecule has 186 valence electrons. The number of nitrogens with zero attached hydrogens (tertiary/aromatic N) is 3. The van der Waals surface area contributed by atoms with E-state index in [-0.39, 0.29) is 46.5 Å². The third-order valence-electron chi connectivity index (χ3n) is 5.46. The highest BCUT2D eigenvalue weighted by Gasteiger charge is 2.21. The lowest BCUT2D eigenvalue weighted by molar-refractivity contribution is -0.130. The summed E-state index contributed by atoms with van der Waals surface area (Å²) in [4.78, 5) is 31.4. The highest BCUT2D eigenvalue weighted by molar-refractivity contribution is 6.36. The number of carbonyl (C=O) groups is 2. The number of piperazine rings is 1. The molecule has 0 aliphatic carbocycles. The minimum Gasteiger partial charge on any atom is -0.482 e. The monoisotopic (exact) mass is 521 g/mol. The smallest absolute Gasteiger partial charge is 0.234 e. The first-order chi connectivity index (χ1) is 16.7. The summed E-state index contributed by atoms with van der Waals surface area (Å²) in [5, 5.41) is 2.90. The standard InChI is InChI=1S/C24H26Cl2FN5O3/c1-15(22-18(25)5-6-19(27)23(22)26)35-20-12-17(13-30-24(20)28)4-3-7-29-21(34)14-31-8-10-32(11-9-31)16(2)33/h5-6,12-13,15H,7-11,14H2,1-2H3,(H2,28,30)(H,29,34). The number of pyridine rings is 1. The summed E-state index contributed by atoms with van der Waals surface area (Å²) in [7, 11) is 0. The zero-order chi connectivity index (χ0) is 25.5. The van der Waals surface area contributed by atoms with Crippen molar-refractivity contribution in [3.05, 3.63) is 51.4 Å². The second kappa shape index (κ2) is 12.1. The Hall–Kier alpha value is -3.06. The molecular weight excluding hydrogens is 496 g/mol. The maximum Gasteiger partial charge on any atom is 0.234 e. The highest BCUT2D eigenvalue weighted by atomic mass is 35.5. The Morgan fingerprint density at radius 1 is 1.29 bits per heavy atom. The number of rotatable bonds is 6. The fraction of sp³-hybridized carbons (Fsp3) is 0.375. The van der Waals surface area contributed by atoms with E-state index in [4.69, 9.17) is 33.7 Å². The topological polar surface area (TPSA) is 101 Å². The molecule has 0 radical (unpaired) electrons. The van der Waals surface area contributed by atoms with Crippen LogP contribution in [-0.2, 0) is 9.59 Å². The third-order valence-corrected chi connectivity index (χ3v) is 6.18. The lowest BCUT2D eigenvalue weighted by Gasteiger charge is -2.33. The molecule has 0 saturated carbocycles. The van der Waals surface area contributed by atoms with Crippen molar-refractivity contribution in [1.29, 1.82) is 0 Å². The fourth-order valence-electron chi connectivity index (χ4n) is 3.55. The van der Waals surface area contributed by atoms with Crippen LogP contribution in [0.15, 0.2) is 24.4 Å². The van der Waals surface area contributed by atoms with Gasteiger partial charge in [-0.3, -0.25) is 14.5 Å². The van der Waals surface area contributed by atoms with Crippen LogP contribution in [0.4, 0.5) is 10.2 Å². The summed E-state index contributed by atoms with van der Waals surface area (Å²) < 4.78 is 19.7. The van der Waals surface area contributed by atoms with Crippen LogP contribution in [0.25, 0.3) is 0 Å². The van der Waals surface area contributed by atoms with E-state index in [0.717, 1.165) is 0 Å². The molecular formula is C24H26Cl2FN5O3. The van der Waals surface area contributed by atoms with Crippen LogP contribution >= 0.6 is 23.2 Å². The number of nitrogens with two attached hydrogens (primary N) is 1. The van der Waals surface area contributed by atoms with Gasteiger partial charge in [0, 0.05) is 61.5 Å². The van der Waals surface area contributed by atoms with Crippen LogP contribution in [0.3, 0.4) is 0 Å². The molecule has 0 bridgehead atoms. The molecule has 11 heteroatoms. The molecule has 1 aliphatic rings. The van der Waals surface area contributed by atoms with Crippen molar-refractivity contribution in [2.75, 3.05) is 45.0 Å². The van der Waals surface area contributed by atoms with Gasteiger partial charge in [0.1, 0.15) is 11.9 Å². The number of hydrogen-bond acceptors (Lipinski definition) is 6. The summed E-state index contributed by atoms with van der Waals surface area (Å²) >= 11 is 12.2. The molecule has 8 nitrogen and oxygen atoms in total. The Kier molecular flexibility index (Phi) is 9.15. The summed E-state index contributed by atoms with van der Waals surface area (Å²) in [6, 6.07) is 4.19. The van der Waals surface area contributed by atoms with Gasteiger partial charge in [-0.25, -0.2) is 9.37 Å². The largest absolute Gasteiger partial charge is 0.482 e. The normalized spacial score (nSPS) is 14.6. The Bertz CT molecular complexity index is 1160. The number of amides is 2. The average Bonchev–Trinajstić information content (AvgIpc) is 2.81. The molecule has 1 aromatic carbocycles. The van der Waals surface area contributed by atoms with Crippen LogP contribution in [0, 0.1) is 17.7 Å². The Labute approximate surface area is 213 Å². The van der Waals surface area contributed by atoms with Gasteiger partial charge in [-0.1, -0.05) is 35.0 Å². The van der Waals surface area contributed by atoms with Gasteiger partial charge < -0.3 is 20.7 Å². The third kappa shape index (κ3) is 7.21. The molecule has 2 heterocycles. The molecule has 2 aromatic rings. The summed E-state index contributed by atoms with van der Waals surface area (Å²) in [5.74, 6) is 5.44. The maximum absolute atomic E-state index is 13.9. The van der Waals surface area contributed by atoms with E-state index in [2.05, 4.69) is 22.1 Å². The van der Waals surface area contributed by atoms with Gasteiger partial charge in [-0.2, -0.15) is 0 Å². The predicted octanol–water partition coefficient (Wildman–Crippen LogP) is 2.88. The number of nitrogen functional groups attached to an aromatic ring is 1.